The molecule has 4 rings (SSSR count). The number of hydrogen-bond acceptors (Lipinski definition) is 5. The van der Waals surface area contributed by atoms with E-state index in [-0.39, 0.29) is 18.3 Å². The van der Waals surface area contributed by atoms with E-state index in [0.717, 1.165) is 24.8 Å². The number of aromatic nitrogens is 1. The number of hydrogen-bond donors (Lipinski definition) is 0. The third kappa shape index (κ3) is 2.98. The van der Waals surface area contributed by atoms with Crippen molar-refractivity contribution in [3.63, 3.8) is 0 Å². The molecule has 134 valence electrons. The van der Waals surface area contributed by atoms with Crippen LogP contribution in [-0.4, -0.2) is 16.7 Å². The molecule has 1 heterocycles. The van der Waals surface area contributed by atoms with Crippen LogP contribution in [0.2, 0.25) is 0 Å². The molecule has 0 atom stereocenters. The summed E-state index contributed by atoms with van der Waals surface area (Å²) in [6, 6.07) is 4.04. The fourth-order valence-corrected chi connectivity index (χ4v) is 3.46. The number of ketones is 1. The first-order chi connectivity index (χ1) is 12.4. The van der Waals surface area contributed by atoms with Crippen LogP contribution in [0.3, 0.4) is 0 Å². The first-order valence-corrected chi connectivity index (χ1v) is 8.91. The second-order valence-electron chi connectivity index (χ2n) is 7.13. The van der Waals surface area contributed by atoms with E-state index in [4.69, 9.17) is 9.15 Å². The monoisotopic (exact) mass is 351 g/mol. The average Bonchev–Trinajstić information content (AvgIpc) is 3.35. The van der Waals surface area contributed by atoms with E-state index < -0.39 is 5.97 Å². The van der Waals surface area contributed by atoms with Crippen LogP contribution in [-0.2, 0) is 22.6 Å². The Morgan fingerprint density at radius 3 is 2.77 bits per heavy atom. The Morgan fingerprint density at radius 1 is 1.31 bits per heavy atom. The third-order valence-corrected chi connectivity index (χ3v) is 5.22. The molecule has 2 aliphatic rings. The highest BCUT2D eigenvalue weighted by Crippen LogP contribution is 2.42. The van der Waals surface area contributed by atoms with Gasteiger partial charge >= 0.3 is 5.97 Å². The van der Waals surface area contributed by atoms with Crippen LogP contribution < -0.4 is 0 Å². The minimum absolute atomic E-state index is 0.0744. The maximum Gasteiger partial charge on any atom is 0.303 e. The molecule has 1 aromatic carbocycles. The van der Waals surface area contributed by atoms with Crippen LogP contribution in [0, 0.1) is 19.8 Å². The lowest BCUT2D eigenvalue weighted by atomic mass is 9.87. The molecular formula is C21H21NO4. The Kier molecular flexibility index (Phi) is 4.02. The Bertz CT molecular complexity index is 947. The van der Waals surface area contributed by atoms with E-state index in [1.54, 1.807) is 6.08 Å². The Hall–Kier alpha value is -2.69. The summed E-state index contributed by atoms with van der Waals surface area (Å²) >= 11 is 0. The SMILES string of the molecule is CC(=O)OCc1nc2c(o1)-c1ccc(C)c(C)c1CC(C1CC1)=CC2=O. The molecule has 0 unspecified atom stereocenters. The lowest BCUT2D eigenvalue weighted by Crippen LogP contribution is -2.09. The molecule has 0 saturated heterocycles. The molecule has 1 aromatic heterocycles. The molecule has 2 aromatic rings. The second kappa shape index (κ2) is 6.24. The van der Waals surface area contributed by atoms with E-state index in [1.807, 2.05) is 12.1 Å². The summed E-state index contributed by atoms with van der Waals surface area (Å²) < 4.78 is 10.8. The Labute approximate surface area is 152 Å². The number of esters is 1. The van der Waals surface area contributed by atoms with E-state index in [2.05, 4.69) is 18.8 Å². The summed E-state index contributed by atoms with van der Waals surface area (Å²) in [6.07, 6.45) is 4.78. The Morgan fingerprint density at radius 2 is 2.08 bits per heavy atom. The minimum atomic E-state index is -0.412. The number of oxazole rings is 1. The first-order valence-electron chi connectivity index (χ1n) is 8.91. The summed E-state index contributed by atoms with van der Waals surface area (Å²) in [5.41, 5.74) is 6.00. The number of allylic oxidation sites excluding steroid dienone is 2. The average molecular weight is 351 g/mol. The van der Waals surface area contributed by atoms with Crippen molar-refractivity contribution in [3.8, 4) is 11.3 Å². The highest BCUT2D eigenvalue weighted by atomic mass is 16.5. The predicted molar refractivity (Wildman–Crippen MR) is 95.7 cm³/mol. The van der Waals surface area contributed by atoms with Crippen LogP contribution in [0.15, 0.2) is 28.2 Å². The standard InChI is InChI=1S/C21H21NO4/c1-11-4-7-16-17(12(11)2)8-15(14-5-6-14)9-18(24)20-21(16)26-19(22-20)10-25-13(3)23/h4,7,9,14H,5-6,8,10H2,1-3H3. The molecule has 2 aliphatic carbocycles. The van der Waals surface area contributed by atoms with Gasteiger partial charge in [0.15, 0.2) is 18.1 Å². The quantitative estimate of drug-likeness (QED) is 0.779. The number of carbonyl (C=O) groups excluding carboxylic acids is 2. The molecule has 5 heteroatoms. The highest BCUT2D eigenvalue weighted by Gasteiger charge is 2.32. The van der Waals surface area contributed by atoms with Crippen LogP contribution >= 0.6 is 0 Å². The summed E-state index contributed by atoms with van der Waals surface area (Å²) in [7, 11) is 0. The van der Waals surface area contributed by atoms with Crippen molar-refractivity contribution in [2.24, 2.45) is 5.92 Å². The fourth-order valence-electron chi connectivity index (χ4n) is 3.46. The van der Waals surface area contributed by atoms with Crippen LogP contribution in [0.1, 0.15) is 52.8 Å². The van der Waals surface area contributed by atoms with Gasteiger partial charge in [-0.3, -0.25) is 9.59 Å². The first kappa shape index (κ1) is 16.8. The van der Waals surface area contributed by atoms with Gasteiger partial charge in [0, 0.05) is 12.5 Å². The highest BCUT2D eigenvalue weighted by molar-refractivity contribution is 6.08. The van der Waals surface area contributed by atoms with E-state index in [9.17, 15) is 9.59 Å². The molecule has 1 fully saturated rings. The molecule has 0 amide bonds. The van der Waals surface area contributed by atoms with Gasteiger partial charge in [0.2, 0.25) is 11.7 Å². The molecule has 0 N–H and O–H groups in total. The number of nitrogens with zero attached hydrogens (tertiary/aromatic N) is 1. The molecule has 1 saturated carbocycles. The van der Waals surface area contributed by atoms with Crippen LogP contribution in [0.25, 0.3) is 11.3 Å². The Balaban J connectivity index is 1.87. The lowest BCUT2D eigenvalue weighted by Gasteiger charge is -2.17. The van der Waals surface area contributed by atoms with Crippen LogP contribution in [0.4, 0.5) is 0 Å². The maximum absolute atomic E-state index is 12.8. The normalized spacial score (nSPS) is 16.3. The van der Waals surface area contributed by atoms with Crippen molar-refractivity contribution in [1.82, 2.24) is 4.98 Å². The second-order valence-corrected chi connectivity index (χ2v) is 7.13. The van der Waals surface area contributed by atoms with Gasteiger partial charge in [-0.25, -0.2) is 4.98 Å². The van der Waals surface area contributed by atoms with Crippen molar-refractivity contribution in [2.45, 2.75) is 46.6 Å². The van der Waals surface area contributed by atoms with Crippen molar-refractivity contribution < 1.29 is 18.7 Å². The predicted octanol–water partition coefficient (Wildman–Crippen LogP) is 4.10. The van der Waals surface area contributed by atoms with E-state index in [0.29, 0.717) is 17.4 Å². The van der Waals surface area contributed by atoms with Crippen molar-refractivity contribution >= 4 is 11.8 Å². The zero-order valence-electron chi connectivity index (χ0n) is 15.2. The van der Waals surface area contributed by atoms with Gasteiger partial charge in [0.05, 0.1) is 0 Å². The number of fused-ring (bicyclic) bond motifs is 3. The van der Waals surface area contributed by atoms with Gasteiger partial charge in [-0.1, -0.05) is 17.7 Å². The van der Waals surface area contributed by atoms with E-state index >= 15 is 0 Å². The summed E-state index contributed by atoms with van der Waals surface area (Å²) in [5.74, 6) is 0.668. The number of carbonyl (C=O) groups is 2. The van der Waals surface area contributed by atoms with Gasteiger partial charge in [0.1, 0.15) is 0 Å². The summed E-state index contributed by atoms with van der Waals surface area (Å²) in [5, 5.41) is 0. The van der Waals surface area contributed by atoms with Gasteiger partial charge < -0.3 is 9.15 Å². The summed E-state index contributed by atoms with van der Waals surface area (Å²) in [6.45, 7) is 5.45. The minimum Gasteiger partial charge on any atom is -0.456 e. The van der Waals surface area contributed by atoms with Crippen molar-refractivity contribution in [1.29, 1.82) is 0 Å². The molecule has 0 bridgehead atoms. The topological polar surface area (TPSA) is 69.4 Å². The number of ether oxygens (including phenoxy) is 1. The summed E-state index contributed by atoms with van der Waals surface area (Å²) in [4.78, 5) is 28.2. The van der Waals surface area contributed by atoms with Gasteiger partial charge in [-0.05, 0) is 61.8 Å². The van der Waals surface area contributed by atoms with Gasteiger partial charge in [-0.2, -0.15) is 0 Å². The third-order valence-electron chi connectivity index (χ3n) is 5.22. The van der Waals surface area contributed by atoms with Crippen LogP contribution in [0.5, 0.6) is 0 Å². The molecule has 0 spiro atoms. The smallest absolute Gasteiger partial charge is 0.303 e. The molecule has 26 heavy (non-hydrogen) atoms. The van der Waals surface area contributed by atoms with E-state index in [1.165, 1.54) is 29.2 Å². The zero-order valence-corrected chi connectivity index (χ0v) is 15.2. The molecule has 0 radical (unpaired) electrons. The number of rotatable bonds is 3. The van der Waals surface area contributed by atoms with Gasteiger partial charge in [-0.15, -0.1) is 0 Å². The largest absolute Gasteiger partial charge is 0.456 e. The molecule has 0 aliphatic heterocycles. The molecule has 5 nitrogen and oxygen atoms in total. The molecular weight excluding hydrogens is 330 g/mol. The number of benzene rings is 1. The van der Waals surface area contributed by atoms with Crippen molar-refractivity contribution in [2.75, 3.05) is 0 Å². The maximum atomic E-state index is 12.8. The lowest BCUT2D eigenvalue weighted by molar-refractivity contribution is -0.142. The van der Waals surface area contributed by atoms with Gasteiger partial charge in [0.25, 0.3) is 0 Å². The number of aryl methyl sites for hydroxylation is 1. The van der Waals surface area contributed by atoms with Crippen molar-refractivity contribution in [3.05, 3.63) is 52.1 Å². The zero-order chi connectivity index (χ0) is 18.4. The fraction of sp³-hybridized carbons (Fsp3) is 0.381.